The molecule has 0 aromatic carbocycles. The Bertz CT molecular complexity index is 751. The van der Waals surface area contributed by atoms with Gasteiger partial charge in [0.25, 0.3) is 0 Å². The Hall–Kier alpha value is -1.67. The molecule has 3 saturated heterocycles. The van der Waals surface area contributed by atoms with Crippen molar-refractivity contribution in [2.45, 2.75) is 109 Å². The van der Waals surface area contributed by atoms with Crippen LogP contribution in [0.2, 0.25) is 0 Å². The fourth-order valence-corrected chi connectivity index (χ4v) is 6.20. The van der Waals surface area contributed by atoms with E-state index >= 15 is 0 Å². The summed E-state index contributed by atoms with van der Waals surface area (Å²) in [4.78, 5) is 42.5. The quantitative estimate of drug-likeness (QED) is 0.405. The van der Waals surface area contributed by atoms with Crippen molar-refractivity contribution < 1.29 is 24.2 Å². The standard InChI is InChI=1S/C25H43N3O5/c1-6-14-26-20(30)17-18-22(32)28(15-10-8-9-11-16-29)19(21(31)27-23(3,4)5)25(18)13-12-24(17,7-2)33-25/h17-19,29H,6-16H2,1-5H3,(H,26,30)(H,27,31)/t17-,18+,19?,24+,25?/m1/s1. The van der Waals surface area contributed by atoms with Crippen LogP contribution in [0.1, 0.15) is 86.0 Å². The SMILES string of the molecule is CCCNC(=O)[C@H]1[C@H]2C(=O)N(CCCCCCO)C(C(=O)NC(C)(C)C)C23CC[C@]1(CC)O3. The number of carbonyl (C=O) groups excluding carboxylic acids is 3. The van der Waals surface area contributed by atoms with Crippen LogP contribution < -0.4 is 10.6 Å². The molecule has 2 unspecified atom stereocenters. The molecule has 1 spiro atoms. The average molecular weight is 466 g/mol. The predicted octanol–water partition coefficient (Wildman–Crippen LogP) is 2.13. The van der Waals surface area contributed by atoms with E-state index in [0.29, 0.717) is 32.4 Å². The molecule has 188 valence electrons. The molecule has 2 bridgehead atoms. The Morgan fingerprint density at radius 3 is 2.42 bits per heavy atom. The second-order valence-corrected chi connectivity index (χ2v) is 11.0. The Labute approximate surface area is 198 Å². The zero-order chi connectivity index (χ0) is 24.4. The van der Waals surface area contributed by atoms with Crippen LogP contribution in [0.25, 0.3) is 0 Å². The Morgan fingerprint density at radius 1 is 1.12 bits per heavy atom. The monoisotopic (exact) mass is 465 g/mol. The number of aliphatic hydroxyl groups excluding tert-OH is 1. The number of amides is 3. The van der Waals surface area contributed by atoms with Gasteiger partial charge in [-0.25, -0.2) is 0 Å². The molecule has 0 aliphatic carbocycles. The zero-order valence-electron chi connectivity index (χ0n) is 21.0. The summed E-state index contributed by atoms with van der Waals surface area (Å²) in [5.74, 6) is -1.65. The van der Waals surface area contributed by atoms with E-state index in [1.54, 1.807) is 4.90 Å². The molecule has 0 aromatic heterocycles. The summed E-state index contributed by atoms with van der Waals surface area (Å²) in [5.41, 5.74) is -2.09. The number of nitrogens with one attached hydrogen (secondary N) is 2. The number of hydrogen-bond donors (Lipinski definition) is 3. The van der Waals surface area contributed by atoms with Gasteiger partial charge in [-0.15, -0.1) is 0 Å². The molecular weight excluding hydrogens is 422 g/mol. The summed E-state index contributed by atoms with van der Waals surface area (Å²) in [6, 6.07) is -0.732. The molecule has 0 aromatic rings. The summed E-state index contributed by atoms with van der Waals surface area (Å²) >= 11 is 0. The van der Waals surface area contributed by atoms with Crippen LogP contribution in [0.5, 0.6) is 0 Å². The topological polar surface area (TPSA) is 108 Å². The van der Waals surface area contributed by atoms with Gasteiger partial charge in [-0.1, -0.05) is 26.7 Å². The van der Waals surface area contributed by atoms with Gasteiger partial charge in [0, 0.05) is 25.2 Å². The second kappa shape index (κ2) is 9.90. The van der Waals surface area contributed by atoms with E-state index in [4.69, 9.17) is 9.84 Å². The van der Waals surface area contributed by atoms with Gasteiger partial charge in [-0.2, -0.15) is 0 Å². The Morgan fingerprint density at radius 2 is 1.82 bits per heavy atom. The van der Waals surface area contributed by atoms with Crippen molar-refractivity contribution in [2.75, 3.05) is 19.7 Å². The molecule has 8 nitrogen and oxygen atoms in total. The van der Waals surface area contributed by atoms with E-state index in [9.17, 15) is 14.4 Å². The fraction of sp³-hybridized carbons (Fsp3) is 0.880. The summed E-state index contributed by atoms with van der Waals surface area (Å²) in [6.07, 6.45) is 5.98. The maximum absolute atomic E-state index is 13.9. The van der Waals surface area contributed by atoms with Crippen LogP contribution in [0, 0.1) is 11.8 Å². The lowest BCUT2D eigenvalue weighted by Gasteiger charge is -2.35. The first kappa shape index (κ1) is 25.9. The van der Waals surface area contributed by atoms with E-state index in [1.165, 1.54) is 0 Å². The molecule has 3 fully saturated rings. The van der Waals surface area contributed by atoms with Crippen molar-refractivity contribution in [3.63, 3.8) is 0 Å². The lowest BCUT2D eigenvalue weighted by molar-refractivity contribution is -0.148. The molecule has 3 rings (SSSR count). The lowest BCUT2D eigenvalue weighted by atomic mass is 9.65. The first-order valence-electron chi connectivity index (χ1n) is 12.8. The van der Waals surface area contributed by atoms with E-state index in [-0.39, 0.29) is 24.3 Å². The van der Waals surface area contributed by atoms with Crippen LogP contribution >= 0.6 is 0 Å². The minimum atomic E-state index is -0.957. The third-order valence-electron chi connectivity index (χ3n) is 7.57. The van der Waals surface area contributed by atoms with Crippen molar-refractivity contribution >= 4 is 17.7 Å². The lowest BCUT2D eigenvalue weighted by Crippen LogP contribution is -2.58. The van der Waals surface area contributed by atoms with Gasteiger partial charge in [-0.3, -0.25) is 14.4 Å². The number of ether oxygens (including phenoxy) is 1. The largest absolute Gasteiger partial charge is 0.396 e. The van der Waals surface area contributed by atoms with Crippen LogP contribution in [-0.2, 0) is 19.1 Å². The zero-order valence-corrected chi connectivity index (χ0v) is 21.0. The van der Waals surface area contributed by atoms with Gasteiger partial charge in [0.05, 0.1) is 17.4 Å². The molecule has 3 N–H and O–H groups in total. The smallest absolute Gasteiger partial charge is 0.246 e. The van der Waals surface area contributed by atoms with Crippen molar-refractivity contribution in [3.8, 4) is 0 Å². The summed E-state index contributed by atoms with van der Waals surface area (Å²) < 4.78 is 6.71. The third-order valence-corrected chi connectivity index (χ3v) is 7.57. The maximum atomic E-state index is 13.9. The van der Waals surface area contributed by atoms with E-state index in [0.717, 1.165) is 32.1 Å². The third kappa shape index (κ3) is 4.65. The van der Waals surface area contributed by atoms with Gasteiger partial charge in [-0.05, 0) is 59.3 Å². The number of rotatable bonds is 11. The number of aliphatic hydroxyl groups is 1. The molecule has 3 amide bonds. The summed E-state index contributed by atoms with van der Waals surface area (Å²) in [6.45, 7) is 11.0. The van der Waals surface area contributed by atoms with Gasteiger partial charge >= 0.3 is 0 Å². The molecule has 3 aliphatic heterocycles. The summed E-state index contributed by atoms with van der Waals surface area (Å²) in [5, 5.41) is 15.1. The molecule has 33 heavy (non-hydrogen) atoms. The highest BCUT2D eigenvalue weighted by atomic mass is 16.5. The van der Waals surface area contributed by atoms with Crippen LogP contribution in [0.4, 0.5) is 0 Å². The molecule has 3 heterocycles. The van der Waals surface area contributed by atoms with Crippen molar-refractivity contribution in [3.05, 3.63) is 0 Å². The number of carbonyl (C=O) groups is 3. The van der Waals surface area contributed by atoms with E-state index in [2.05, 4.69) is 10.6 Å². The van der Waals surface area contributed by atoms with Gasteiger partial charge in [0.15, 0.2) is 0 Å². The Balaban J connectivity index is 1.94. The predicted molar refractivity (Wildman–Crippen MR) is 125 cm³/mol. The number of fused-ring (bicyclic) bond motifs is 1. The van der Waals surface area contributed by atoms with Crippen molar-refractivity contribution in [1.82, 2.24) is 15.5 Å². The van der Waals surface area contributed by atoms with Crippen LogP contribution in [-0.4, -0.2) is 70.2 Å². The summed E-state index contributed by atoms with van der Waals surface area (Å²) in [7, 11) is 0. The van der Waals surface area contributed by atoms with E-state index < -0.39 is 34.6 Å². The first-order valence-corrected chi connectivity index (χ1v) is 12.8. The average Bonchev–Trinajstić information content (AvgIpc) is 3.34. The highest BCUT2D eigenvalue weighted by Crippen LogP contribution is 2.64. The van der Waals surface area contributed by atoms with Crippen LogP contribution in [0.15, 0.2) is 0 Å². The number of unbranched alkanes of at least 4 members (excludes halogenated alkanes) is 3. The van der Waals surface area contributed by atoms with E-state index in [1.807, 2.05) is 34.6 Å². The number of hydrogen-bond acceptors (Lipinski definition) is 5. The first-order chi connectivity index (χ1) is 15.6. The second-order valence-electron chi connectivity index (χ2n) is 11.0. The Kier molecular flexibility index (Phi) is 7.79. The minimum absolute atomic E-state index is 0.126. The molecule has 3 aliphatic rings. The number of nitrogens with zero attached hydrogens (tertiary/aromatic N) is 1. The van der Waals surface area contributed by atoms with Gasteiger partial charge in [0.1, 0.15) is 11.6 Å². The van der Waals surface area contributed by atoms with Crippen molar-refractivity contribution in [2.24, 2.45) is 11.8 Å². The molecule has 0 saturated carbocycles. The van der Waals surface area contributed by atoms with Crippen molar-refractivity contribution in [1.29, 1.82) is 0 Å². The number of likely N-dealkylation sites (tertiary alicyclic amines) is 1. The highest BCUT2D eigenvalue weighted by Gasteiger charge is 2.78. The minimum Gasteiger partial charge on any atom is -0.396 e. The van der Waals surface area contributed by atoms with Crippen LogP contribution in [0.3, 0.4) is 0 Å². The molecular formula is C25H43N3O5. The maximum Gasteiger partial charge on any atom is 0.246 e. The molecule has 8 heteroatoms. The van der Waals surface area contributed by atoms with Gasteiger partial charge in [0.2, 0.25) is 17.7 Å². The fourth-order valence-electron chi connectivity index (χ4n) is 6.20. The van der Waals surface area contributed by atoms with Gasteiger partial charge < -0.3 is 25.4 Å². The molecule has 5 atom stereocenters. The molecule has 0 radical (unpaired) electrons. The normalized spacial score (nSPS) is 32.8. The highest BCUT2D eigenvalue weighted by molar-refractivity contribution is 5.99.